The zero-order chi connectivity index (χ0) is 20.8. The Labute approximate surface area is 167 Å². The highest BCUT2D eigenvalue weighted by molar-refractivity contribution is 7.92. The molecule has 0 saturated heterocycles. The first kappa shape index (κ1) is 19.2. The molecular formula is C17H12ClFN4O5S. The zero-order valence-electron chi connectivity index (χ0n) is 14.7. The number of rotatable bonds is 5. The van der Waals surface area contributed by atoms with E-state index in [4.69, 9.17) is 20.5 Å². The minimum atomic E-state index is -4.07. The number of anilines is 1. The van der Waals surface area contributed by atoms with Gasteiger partial charge in [-0.2, -0.15) is 4.98 Å². The van der Waals surface area contributed by atoms with Crippen molar-refractivity contribution < 1.29 is 21.7 Å². The molecule has 4 aromatic rings. The van der Waals surface area contributed by atoms with E-state index in [2.05, 4.69) is 14.9 Å². The van der Waals surface area contributed by atoms with Gasteiger partial charge in [-0.1, -0.05) is 16.8 Å². The minimum Gasteiger partial charge on any atom is -0.408 e. The number of oxazole rings is 1. The number of fused-ring (bicyclic) bond motifs is 1. The van der Waals surface area contributed by atoms with Gasteiger partial charge in [-0.05, 0) is 30.3 Å². The fourth-order valence-corrected chi connectivity index (χ4v) is 4.05. The molecule has 0 spiro atoms. The average Bonchev–Trinajstić information content (AvgIpc) is 3.20. The van der Waals surface area contributed by atoms with Crippen LogP contribution in [0.4, 0.5) is 10.1 Å². The van der Waals surface area contributed by atoms with Gasteiger partial charge in [0.25, 0.3) is 10.0 Å². The summed E-state index contributed by atoms with van der Waals surface area (Å²) in [6.07, 6.45) is 0. The molecule has 4 rings (SSSR count). The summed E-state index contributed by atoms with van der Waals surface area (Å²) in [5, 5.41) is 3.63. The lowest BCUT2D eigenvalue weighted by atomic mass is 10.3. The van der Waals surface area contributed by atoms with Crippen LogP contribution >= 0.6 is 11.6 Å². The van der Waals surface area contributed by atoms with Crippen LogP contribution in [0.5, 0.6) is 0 Å². The summed E-state index contributed by atoms with van der Waals surface area (Å²) in [5.74, 6) is -0.679. The van der Waals surface area contributed by atoms with E-state index in [1.165, 1.54) is 28.8 Å². The average molecular weight is 439 g/mol. The third-order valence-corrected chi connectivity index (χ3v) is 5.67. The van der Waals surface area contributed by atoms with E-state index >= 15 is 0 Å². The first-order chi connectivity index (χ1) is 13.7. The summed E-state index contributed by atoms with van der Waals surface area (Å²) in [4.78, 5) is 16.0. The maximum absolute atomic E-state index is 13.2. The molecule has 150 valence electrons. The van der Waals surface area contributed by atoms with E-state index in [0.29, 0.717) is 11.4 Å². The van der Waals surface area contributed by atoms with Crippen molar-refractivity contribution in [2.45, 2.75) is 18.4 Å². The number of nitrogens with one attached hydrogen (secondary N) is 1. The largest absolute Gasteiger partial charge is 0.420 e. The lowest BCUT2D eigenvalue weighted by Crippen LogP contribution is -2.15. The summed E-state index contributed by atoms with van der Waals surface area (Å²) in [6.45, 7) is 1.61. The standard InChI is InChI=1S/C17H12ClFN4O5S/c1-9-20-16(21-28-9)8-23-14-5-3-11(7-15(14)27-17(23)24)29(25,26)22-13-4-2-10(19)6-12(13)18/h2-7,22H,8H2,1H3. The number of sulfonamides is 1. The number of benzene rings is 2. The summed E-state index contributed by atoms with van der Waals surface area (Å²) < 4.78 is 52.0. The van der Waals surface area contributed by atoms with Crippen LogP contribution in [-0.4, -0.2) is 23.1 Å². The van der Waals surface area contributed by atoms with Crippen molar-refractivity contribution in [1.29, 1.82) is 0 Å². The van der Waals surface area contributed by atoms with Crippen LogP contribution < -0.4 is 10.5 Å². The SMILES string of the molecule is Cc1nc(Cn2c(=O)oc3cc(S(=O)(=O)Nc4ccc(F)cc4Cl)ccc32)no1. The fourth-order valence-electron chi connectivity index (χ4n) is 2.69. The third-order valence-electron chi connectivity index (χ3n) is 3.99. The number of aromatic nitrogens is 3. The van der Waals surface area contributed by atoms with Gasteiger partial charge in [-0.25, -0.2) is 17.6 Å². The van der Waals surface area contributed by atoms with Gasteiger partial charge in [0.15, 0.2) is 11.4 Å². The van der Waals surface area contributed by atoms with Crippen molar-refractivity contribution in [3.63, 3.8) is 0 Å². The molecule has 0 aliphatic rings. The highest BCUT2D eigenvalue weighted by atomic mass is 35.5. The third kappa shape index (κ3) is 3.74. The maximum Gasteiger partial charge on any atom is 0.420 e. The van der Waals surface area contributed by atoms with Gasteiger partial charge in [-0.3, -0.25) is 9.29 Å². The Kier molecular flexibility index (Phi) is 4.63. The molecule has 0 unspecified atom stereocenters. The molecular weight excluding hydrogens is 427 g/mol. The van der Waals surface area contributed by atoms with Crippen molar-refractivity contribution in [1.82, 2.24) is 14.7 Å². The number of hydrogen-bond acceptors (Lipinski definition) is 7. The van der Waals surface area contributed by atoms with E-state index in [1.54, 1.807) is 6.92 Å². The van der Waals surface area contributed by atoms with Crippen LogP contribution in [0.3, 0.4) is 0 Å². The quantitative estimate of drug-likeness (QED) is 0.508. The number of hydrogen-bond donors (Lipinski definition) is 1. The Bertz CT molecular complexity index is 1390. The van der Waals surface area contributed by atoms with Crippen LogP contribution in [0.2, 0.25) is 5.02 Å². The molecule has 0 bridgehead atoms. The zero-order valence-corrected chi connectivity index (χ0v) is 16.3. The molecule has 29 heavy (non-hydrogen) atoms. The predicted molar refractivity (Wildman–Crippen MR) is 101 cm³/mol. The Morgan fingerprint density at radius 1 is 1.24 bits per heavy atom. The second kappa shape index (κ2) is 7.01. The van der Waals surface area contributed by atoms with E-state index in [0.717, 1.165) is 12.1 Å². The van der Waals surface area contributed by atoms with Crippen molar-refractivity contribution in [3.8, 4) is 0 Å². The molecule has 12 heteroatoms. The molecule has 0 radical (unpaired) electrons. The Hall–Kier alpha value is -3.18. The summed E-state index contributed by atoms with van der Waals surface area (Å²) in [7, 11) is -4.07. The lowest BCUT2D eigenvalue weighted by Gasteiger charge is -2.09. The van der Waals surface area contributed by atoms with Crippen molar-refractivity contribution in [2.24, 2.45) is 0 Å². The molecule has 0 fully saturated rings. The smallest absolute Gasteiger partial charge is 0.408 e. The molecule has 2 aromatic heterocycles. The van der Waals surface area contributed by atoms with Gasteiger partial charge < -0.3 is 8.94 Å². The van der Waals surface area contributed by atoms with Crippen LogP contribution in [0.1, 0.15) is 11.7 Å². The van der Waals surface area contributed by atoms with E-state index in [-0.39, 0.29) is 33.6 Å². The van der Waals surface area contributed by atoms with Gasteiger partial charge in [0.05, 0.1) is 27.7 Å². The maximum atomic E-state index is 13.2. The molecule has 9 nitrogen and oxygen atoms in total. The second-order valence-corrected chi connectivity index (χ2v) is 8.13. The van der Waals surface area contributed by atoms with Crippen molar-refractivity contribution in [3.05, 3.63) is 69.5 Å². The van der Waals surface area contributed by atoms with Gasteiger partial charge in [0.1, 0.15) is 5.82 Å². The Morgan fingerprint density at radius 2 is 2.03 bits per heavy atom. The molecule has 2 aromatic carbocycles. The van der Waals surface area contributed by atoms with Gasteiger partial charge >= 0.3 is 5.76 Å². The van der Waals surface area contributed by atoms with Crippen molar-refractivity contribution >= 4 is 38.4 Å². The summed E-state index contributed by atoms with van der Waals surface area (Å²) in [6, 6.07) is 7.20. The van der Waals surface area contributed by atoms with E-state index in [9.17, 15) is 17.6 Å². The second-order valence-electron chi connectivity index (χ2n) is 6.04. The molecule has 0 saturated carbocycles. The van der Waals surface area contributed by atoms with Gasteiger partial charge in [-0.15, -0.1) is 0 Å². The number of halogens is 2. The summed E-state index contributed by atoms with van der Waals surface area (Å²) in [5.41, 5.74) is 0.430. The van der Waals surface area contributed by atoms with Crippen molar-refractivity contribution in [2.75, 3.05) is 4.72 Å². The summed E-state index contributed by atoms with van der Waals surface area (Å²) >= 11 is 5.87. The Morgan fingerprint density at radius 3 is 2.72 bits per heavy atom. The molecule has 0 amide bonds. The first-order valence-corrected chi connectivity index (χ1v) is 9.99. The minimum absolute atomic E-state index is 0.00128. The fraction of sp³-hybridized carbons (Fsp3) is 0.118. The molecule has 0 aliphatic carbocycles. The van der Waals surface area contributed by atoms with E-state index in [1.807, 2.05) is 0 Å². The van der Waals surface area contributed by atoms with Crippen LogP contribution in [-0.2, 0) is 16.6 Å². The molecule has 0 atom stereocenters. The Balaban J connectivity index is 1.69. The highest BCUT2D eigenvalue weighted by Crippen LogP contribution is 2.26. The monoisotopic (exact) mass is 438 g/mol. The first-order valence-electron chi connectivity index (χ1n) is 8.13. The van der Waals surface area contributed by atoms with E-state index < -0.39 is 21.6 Å². The molecule has 0 aliphatic heterocycles. The number of nitrogens with zero attached hydrogens (tertiary/aromatic N) is 3. The topological polar surface area (TPSA) is 120 Å². The highest BCUT2D eigenvalue weighted by Gasteiger charge is 2.20. The molecule has 2 heterocycles. The van der Waals surface area contributed by atoms with Gasteiger partial charge in [0, 0.05) is 13.0 Å². The van der Waals surface area contributed by atoms with Crippen LogP contribution in [0.25, 0.3) is 11.1 Å². The normalized spacial score (nSPS) is 11.8. The van der Waals surface area contributed by atoms with Gasteiger partial charge in [0.2, 0.25) is 5.89 Å². The molecule has 1 N–H and O–H groups in total. The van der Waals surface area contributed by atoms with Crippen LogP contribution in [0.15, 0.2) is 55.0 Å². The lowest BCUT2D eigenvalue weighted by molar-refractivity contribution is 0.385. The van der Waals surface area contributed by atoms with Crippen LogP contribution in [0, 0.1) is 12.7 Å². The number of aryl methyl sites for hydroxylation is 1. The predicted octanol–water partition coefficient (Wildman–Crippen LogP) is 2.93.